The van der Waals surface area contributed by atoms with E-state index in [4.69, 9.17) is 4.74 Å². The monoisotopic (exact) mass is 150 g/mol. The van der Waals surface area contributed by atoms with Crippen LogP contribution >= 0.6 is 0 Å². The summed E-state index contributed by atoms with van der Waals surface area (Å²) in [4.78, 5) is 0. The van der Waals surface area contributed by atoms with E-state index in [2.05, 4.69) is 12.2 Å². The van der Waals surface area contributed by atoms with E-state index in [-0.39, 0.29) is 0 Å². The van der Waals surface area contributed by atoms with E-state index in [1.165, 1.54) is 0 Å². The Morgan fingerprint density at radius 2 is 2.45 bits per heavy atom. The van der Waals surface area contributed by atoms with Crippen LogP contribution in [0.4, 0.5) is 0 Å². The minimum Gasteiger partial charge on any atom is -0.486 e. The van der Waals surface area contributed by atoms with Crippen LogP contribution in [0.5, 0.6) is 0 Å². The summed E-state index contributed by atoms with van der Waals surface area (Å²) in [6.07, 6.45) is 9.33. The van der Waals surface area contributed by atoms with Gasteiger partial charge in [-0.05, 0) is 6.92 Å². The van der Waals surface area contributed by atoms with Gasteiger partial charge in [0.05, 0.1) is 6.26 Å². The van der Waals surface area contributed by atoms with Gasteiger partial charge in [0.25, 0.3) is 0 Å². The van der Waals surface area contributed by atoms with Crippen molar-refractivity contribution >= 4 is 0 Å². The quantitative estimate of drug-likeness (QED) is 0.601. The Morgan fingerprint density at radius 3 is 3.09 bits per heavy atom. The third-order valence-corrected chi connectivity index (χ3v) is 1.31. The smallest absolute Gasteiger partial charge is 0.138 e. The molecule has 0 saturated carbocycles. The molecule has 1 N–H and O–H groups in total. The van der Waals surface area contributed by atoms with Crippen LogP contribution in [0.25, 0.3) is 0 Å². The number of ether oxygens (including phenoxy) is 1. The SMILES string of the molecule is [CH2]/C=C\C=C/C1=COCNC1. The van der Waals surface area contributed by atoms with Gasteiger partial charge in [-0.15, -0.1) is 0 Å². The van der Waals surface area contributed by atoms with Crippen molar-refractivity contribution < 1.29 is 4.74 Å². The largest absolute Gasteiger partial charge is 0.486 e. The average Bonchev–Trinajstić information content (AvgIpc) is 2.07. The third-order valence-electron chi connectivity index (χ3n) is 1.31. The summed E-state index contributed by atoms with van der Waals surface area (Å²) >= 11 is 0. The standard InChI is InChI=1S/C9H12NO/c1-2-3-4-5-9-6-10-8-11-7-9/h2-5,7,10H,1,6,8H2/b3-2-,5-4-. The van der Waals surface area contributed by atoms with Crippen molar-refractivity contribution in [3.05, 3.63) is 43.1 Å². The van der Waals surface area contributed by atoms with Crippen molar-refractivity contribution in [1.29, 1.82) is 0 Å². The van der Waals surface area contributed by atoms with Crippen LogP contribution in [-0.2, 0) is 4.74 Å². The average molecular weight is 150 g/mol. The lowest BCUT2D eigenvalue weighted by Gasteiger charge is -2.11. The number of hydrogen-bond acceptors (Lipinski definition) is 2. The Kier molecular flexibility index (Phi) is 3.48. The van der Waals surface area contributed by atoms with E-state index in [0.29, 0.717) is 6.73 Å². The van der Waals surface area contributed by atoms with Gasteiger partial charge in [-0.2, -0.15) is 0 Å². The van der Waals surface area contributed by atoms with E-state index in [0.717, 1.165) is 12.1 Å². The Morgan fingerprint density at radius 1 is 1.55 bits per heavy atom. The number of hydrogen-bond donors (Lipinski definition) is 1. The van der Waals surface area contributed by atoms with Gasteiger partial charge in [0.1, 0.15) is 6.73 Å². The van der Waals surface area contributed by atoms with E-state index in [1.54, 1.807) is 12.3 Å². The Labute approximate surface area is 67.2 Å². The molecule has 1 radical (unpaired) electrons. The normalized spacial score (nSPS) is 18.8. The summed E-state index contributed by atoms with van der Waals surface area (Å²) in [6, 6.07) is 0. The molecule has 0 aliphatic carbocycles. The minimum absolute atomic E-state index is 0.614. The van der Waals surface area contributed by atoms with Crippen molar-refractivity contribution in [2.24, 2.45) is 0 Å². The summed E-state index contributed by atoms with van der Waals surface area (Å²) in [6.45, 7) is 5.06. The summed E-state index contributed by atoms with van der Waals surface area (Å²) < 4.78 is 5.05. The Balaban J connectivity index is 2.40. The molecule has 1 aliphatic heterocycles. The lowest BCUT2D eigenvalue weighted by molar-refractivity contribution is 0.208. The predicted octanol–water partition coefficient (Wildman–Crippen LogP) is 1.39. The molecule has 0 unspecified atom stereocenters. The highest BCUT2D eigenvalue weighted by Gasteiger charge is 1.97. The molecule has 2 heteroatoms. The van der Waals surface area contributed by atoms with Crippen molar-refractivity contribution in [2.45, 2.75) is 0 Å². The molecule has 0 aromatic rings. The van der Waals surface area contributed by atoms with Gasteiger partial charge in [0, 0.05) is 12.1 Å². The van der Waals surface area contributed by atoms with Crippen LogP contribution in [0.3, 0.4) is 0 Å². The van der Waals surface area contributed by atoms with Crippen LogP contribution in [0.15, 0.2) is 36.1 Å². The van der Waals surface area contributed by atoms with Crippen LogP contribution in [0.1, 0.15) is 0 Å². The van der Waals surface area contributed by atoms with E-state index in [1.807, 2.05) is 18.2 Å². The zero-order valence-electron chi connectivity index (χ0n) is 6.42. The van der Waals surface area contributed by atoms with Gasteiger partial charge in [-0.25, -0.2) is 0 Å². The second kappa shape index (κ2) is 4.74. The van der Waals surface area contributed by atoms with Gasteiger partial charge in [0.2, 0.25) is 0 Å². The molecule has 0 saturated heterocycles. The Hall–Kier alpha value is -1.02. The molecule has 0 bridgehead atoms. The molecule has 1 rings (SSSR count). The summed E-state index contributed by atoms with van der Waals surface area (Å²) in [5, 5.41) is 3.08. The minimum atomic E-state index is 0.614. The first-order valence-corrected chi connectivity index (χ1v) is 3.57. The number of nitrogens with one attached hydrogen (secondary N) is 1. The van der Waals surface area contributed by atoms with E-state index >= 15 is 0 Å². The molecule has 1 aliphatic rings. The topological polar surface area (TPSA) is 21.3 Å². The van der Waals surface area contributed by atoms with Crippen molar-refractivity contribution in [3.63, 3.8) is 0 Å². The highest BCUT2D eigenvalue weighted by molar-refractivity contribution is 5.22. The van der Waals surface area contributed by atoms with Crippen LogP contribution in [-0.4, -0.2) is 13.3 Å². The maximum atomic E-state index is 5.05. The molecule has 0 amide bonds. The van der Waals surface area contributed by atoms with Crippen LogP contribution < -0.4 is 5.32 Å². The van der Waals surface area contributed by atoms with Crippen molar-refractivity contribution in [1.82, 2.24) is 5.32 Å². The molecular weight excluding hydrogens is 138 g/mol. The van der Waals surface area contributed by atoms with Crippen LogP contribution in [0, 0.1) is 6.92 Å². The molecule has 0 fully saturated rings. The maximum absolute atomic E-state index is 5.05. The first-order chi connectivity index (χ1) is 5.43. The molecule has 0 atom stereocenters. The van der Waals surface area contributed by atoms with Crippen LogP contribution in [0.2, 0.25) is 0 Å². The lowest BCUT2D eigenvalue weighted by Crippen LogP contribution is -2.23. The first-order valence-electron chi connectivity index (χ1n) is 3.57. The molecule has 0 aromatic heterocycles. The molecule has 2 nitrogen and oxygen atoms in total. The fourth-order valence-corrected chi connectivity index (χ4v) is 0.801. The van der Waals surface area contributed by atoms with Gasteiger partial charge in [-0.3, -0.25) is 5.32 Å². The fraction of sp³-hybridized carbons (Fsp3) is 0.222. The predicted molar refractivity (Wildman–Crippen MR) is 45.7 cm³/mol. The summed E-state index contributed by atoms with van der Waals surface area (Å²) in [5.41, 5.74) is 1.15. The van der Waals surface area contributed by atoms with Gasteiger partial charge in [-0.1, -0.05) is 24.3 Å². The maximum Gasteiger partial charge on any atom is 0.138 e. The molecule has 11 heavy (non-hydrogen) atoms. The van der Waals surface area contributed by atoms with Gasteiger partial charge < -0.3 is 4.74 Å². The van der Waals surface area contributed by atoms with Crippen molar-refractivity contribution in [2.75, 3.05) is 13.3 Å². The van der Waals surface area contributed by atoms with Crippen molar-refractivity contribution in [3.8, 4) is 0 Å². The number of allylic oxidation sites excluding steroid dienone is 3. The molecule has 0 spiro atoms. The fourth-order valence-electron chi connectivity index (χ4n) is 0.801. The lowest BCUT2D eigenvalue weighted by atomic mass is 10.2. The highest BCUT2D eigenvalue weighted by atomic mass is 16.5. The third kappa shape index (κ3) is 3.05. The number of rotatable bonds is 2. The second-order valence-corrected chi connectivity index (χ2v) is 2.22. The molecular formula is C9H12NO. The summed E-state index contributed by atoms with van der Waals surface area (Å²) in [5.74, 6) is 0. The first kappa shape index (κ1) is 8.08. The van der Waals surface area contributed by atoms with E-state index < -0.39 is 0 Å². The molecule has 1 heterocycles. The molecule has 0 aromatic carbocycles. The zero-order chi connectivity index (χ0) is 7.94. The zero-order valence-corrected chi connectivity index (χ0v) is 6.42. The highest BCUT2D eigenvalue weighted by Crippen LogP contribution is 1.99. The second-order valence-electron chi connectivity index (χ2n) is 2.22. The summed E-state index contributed by atoms with van der Waals surface area (Å²) in [7, 11) is 0. The molecule has 59 valence electrons. The van der Waals surface area contributed by atoms with E-state index in [9.17, 15) is 0 Å². The van der Waals surface area contributed by atoms with Gasteiger partial charge >= 0.3 is 0 Å². The van der Waals surface area contributed by atoms with Gasteiger partial charge in [0.15, 0.2) is 0 Å². The Bertz CT molecular complexity index is 192.